The molecule has 1 saturated carbocycles. The van der Waals surface area contributed by atoms with Gasteiger partial charge in [0.25, 0.3) is 0 Å². The number of hydrogen-bond acceptors (Lipinski definition) is 4. The Morgan fingerprint density at radius 3 is 2.26 bits per heavy atom. The Bertz CT molecular complexity index is 423. The van der Waals surface area contributed by atoms with Gasteiger partial charge in [0.05, 0.1) is 6.10 Å². The summed E-state index contributed by atoms with van der Waals surface area (Å²) in [6.07, 6.45) is 3.09. The minimum absolute atomic E-state index is 0.0799. The summed E-state index contributed by atoms with van der Waals surface area (Å²) in [5.74, 6) is 0.574. The van der Waals surface area contributed by atoms with Crippen molar-refractivity contribution < 1.29 is 14.7 Å². The van der Waals surface area contributed by atoms with Crippen molar-refractivity contribution in [2.45, 2.75) is 58.1 Å². The number of carbonyl (C=O) groups excluding carboxylic acids is 2. The number of aliphatic hydroxyl groups excluding tert-OH is 1. The van der Waals surface area contributed by atoms with Crippen LogP contribution < -0.4 is 5.32 Å². The number of amides is 2. The molecule has 132 valence electrons. The van der Waals surface area contributed by atoms with E-state index in [1.807, 2.05) is 4.90 Å². The minimum atomic E-state index is -0.704. The van der Waals surface area contributed by atoms with Crippen LogP contribution in [0.15, 0.2) is 0 Å². The Morgan fingerprint density at radius 2 is 1.78 bits per heavy atom. The maximum atomic E-state index is 13.1. The summed E-state index contributed by atoms with van der Waals surface area (Å²) in [4.78, 5) is 28.8. The van der Waals surface area contributed by atoms with Crippen LogP contribution in [0.25, 0.3) is 0 Å². The van der Waals surface area contributed by atoms with E-state index in [1.54, 1.807) is 6.92 Å². The molecule has 6 nitrogen and oxygen atoms in total. The van der Waals surface area contributed by atoms with E-state index >= 15 is 0 Å². The number of rotatable bonds is 4. The van der Waals surface area contributed by atoms with Crippen LogP contribution >= 0.6 is 0 Å². The van der Waals surface area contributed by atoms with Gasteiger partial charge in [0.2, 0.25) is 11.8 Å². The number of hydrogen-bond donors (Lipinski definition) is 2. The zero-order chi connectivity index (χ0) is 17.0. The summed E-state index contributed by atoms with van der Waals surface area (Å²) in [7, 11) is 0. The second-order valence-electron chi connectivity index (χ2n) is 7.39. The standard InChI is InChI=1S/C17H31N3O3/c1-13-4-6-17(7-5-13,18-15(3)22)16(23)20-10-8-19(9-11-20)12-14(2)21/h13-14,21H,4-12H2,1-3H3,(H,18,22)/t13?,14-,17?/m1/s1. The zero-order valence-electron chi connectivity index (χ0n) is 14.7. The smallest absolute Gasteiger partial charge is 0.248 e. The van der Waals surface area contributed by atoms with Gasteiger partial charge >= 0.3 is 0 Å². The highest BCUT2D eigenvalue weighted by Crippen LogP contribution is 2.33. The van der Waals surface area contributed by atoms with E-state index in [-0.39, 0.29) is 17.9 Å². The topological polar surface area (TPSA) is 72.9 Å². The molecule has 1 saturated heterocycles. The molecule has 0 aromatic heterocycles. The molecule has 0 spiro atoms. The summed E-state index contributed by atoms with van der Waals surface area (Å²) in [5, 5.41) is 12.5. The third kappa shape index (κ3) is 4.67. The first-order valence-electron chi connectivity index (χ1n) is 8.81. The molecular weight excluding hydrogens is 294 g/mol. The summed E-state index contributed by atoms with van der Waals surface area (Å²) >= 11 is 0. The quantitative estimate of drug-likeness (QED) is 0.794. The Kier molecular flexibility index (Phi) is 6.03. The molecule has 0 aromatic carbocycles. The normalized spacial score (nSPS) is 30.8. The Balaban J connectivity index is 2.00. The average Bonchev–Trinajstić information content (AvgIpc) is 2.49. The fourth-order valence-corrected chi connectivity index (χ4v) is 3.79. The van der Waals surface area contributed by atoms with Crippen LogP contribution in [0.4, 0.5) is 0 Å². The summed E-state index contributed by atoms with van der Waals surface area (Å²) in [6, 6.07) is 0. The first-order valence-corrected chi connectivity index (χ1v) is 8.81. The first kappa shape index (κ1) is 18.2. The van der Waals surface area contributed by atoms with Crippen LogP contribution in [0.1, 0.15) is 46.5 Å². The molecule has 2 fully saturated rings. The van der Waals surface area contributed by atoms with Crippen molar-refractivity contribution in [3.63, 3.8) is 0 Å². The Morgan fingerprint density at radius 1 is 1.22 bits per heavy atom. The number of aliphatic hydroxyl groups is 1. The number of β-amino-alcohol motifs (C(OH)–C–C–N with tert-alkyl or cyclic N) is 1. The molecule has 1 atom stereocenters. The summed E-state index contributed by atoms with van der Waals surface area (Å²) < 4.78 is 0. The molecule has 6 heteroatoms. The van der Waals surface area contributed by atoms with Crippen LogP contribution in [0.2, 0.25) is 0 Å². The number of nitrogens with zero attached hydrogens (tertiary/aromatic N) is 2. The highest BCUT2D eigenvalue weighted by atomic mass is 16.3. The van der Waals surface area contributed by atoms with Gasteiger partial charge in [-0.05, 0) is 38.5 Å². The highest BCUT2D eigenvalue weighted by Gasteiger charge is 2.44. The van der Waals surface area contributed by atoms with E-state index in [2.05, 4.69) is 17.1 Å². The molecule has 1 heterocycles. The second kappa shape index (κ2) is 7.62. The van der Waals surface area contributed by atoms with Crippen LogP contribution in [0.3, 0.4) is 0 Å². The molecule has 0 aromatic rings. The lowest BCUT2D eigenvalue weighted by Crippen LogP contribution is -2.63. The van der Waals surface area contributed by atoms with Gasteiger partial charge in [-0.15, -0.1) is 0 Å². The van der Waals surface area contributed by atoms with Gasteiger partial charge < -0.3 is 15.3 Å². The van der Waals surface area contributed by atoms with E-state index in [0.717, 1.165) is 38.8 Å². The molecule has 0 bridgehead atoms. The third-order valence-electron chi connectivity index (χ3n) is 5.13. The van der Waals surface area contributed by atoms with Gasteiger partial charge in [0, 0.05) is 39.6 Å². The maximum Gasteiger partial charge on any atom is 0.248 e. The van der Waals surface area contributed by atoms with E-state index in [0.29, 0.717) is 25.6 Å². The molecule has 0 radical (unpaired) electrons. The first-order chi connectivity index (χ1) is 10.8. The fourth-order valence-electron chi connectivity index (χ4n) is 3.79. The van der Waals surface area contributed by atoms with Crippen LogP contribution in [-0.4, -0.2) is 71.1 Å². The van der Waals surface area contributed by atoms with Gasteiger partial charge in [0.1, 0.15) is 5.54 Å². The molecule has 1 aliphatic heterocycles. The molecule has 2 rings (SSSR count). The molecule has 1 aliphatic carbocycles. The predicted octanol–water partition coefficient (Wildman–Crippen LogP) is 0.596. The Labute approximate surface area is 139 Å². The van der Waals surface area contributed by atoms with Crippen molar-refractivity contribution in [3.05, 3.63) is 0 Å². The predicted molar refractivity (Wildman–Crippen MR) is 88.9 cm³/mol. The van der Waals surface area contributed by atoms with Gasteiger partial charge in [-0.2, -0.15) is 0 Å². The van der Waals surface area contributed by atoms with E-state index in [1.165, 1.54) is 6.92 Å². The van der Waals surface area contributed by atoms with Gasteiger partial charge in [-0.1, -0.05) is 6.92 Å². The molecular formula is C17H31N3O3. The van der Waals surface area contributed by atoms with Gasteiger partial charge in [-0.25, -0.2) is 0 Å². The van der Waals surface area contributed by atoms with E-state index in [9.17, 15) is 14.7 Å². The van der Waals surface area contributed by atoms with Crippen molar-refractivity contribution in [2.75, 3.05) is 32.7 Å². The highest BCUT2D eigenvalue weighted by molar-refractivity contribution is 5.91. The SMILES string of the molecule is CC(=O)NC1(C(=O)N2CCN(C[C@@H](C)O)CC2)CCC(C)CC1. The van der Waals surface area contributed by atoms with Crippen molar-refractivity contribution >= 4 is 11.8 Å². The lowest BCUT2D eigenvalue weighted by molar-refractivity contribution is -0.145. The molecule has 0 unspecified atom stereocenters. The number of nitrogens with one attached hydrogen (secondary N) is 1. The van der Waals surface area contributed by atoms with Crippen molar-refractivity contribution in [2.24, 2.45) is 5.92 Å². The van der Waals surface area contributed by atoms with Crippen LogP contribution in [0, 0.1) is 5.92 Å². The molecule has 2 aliphatic rings. The molecule has 2 amide bonds. The number of piperazine rings is 1. The summed E-state index contributed by atoms with van der Waals surface area (Å²) in [5.41, 5.74) is -0.704. The number of carbonyl (C=O) groups is 2. The van der Waals surface area contributed by atoms with E-state index < -0.39 is 5.54 Å². The average molecular weight is 325 g/mol. The van der Waals surface area contributed by atoms with Crippen LogP contribution in [-0.2, 0) is 9.59 Å². The Hall–Kier alpha value is -1.14. The zero-order valence-corrected chi connectivity index (χ0v) is 14.7. The maximum absolute atomic E-state index is 13.1. The molecule has 2 N–H and O–H groups in total. The van der Waals surface area contributed by atoms with Crippen molar-refractivity contribution in [1.82, 2.24) is 15.1 Å². The minimum Gasteiger partial charge on any atom is -0.392 e. The molecule has 23 heavy (non-hydrogen) atoms. The van der Waals surface area contributed by atoms with Crippen LogP contribution in [0.5, 0.6) is 0 Å². The van der Waals surface area contributed by atoms with E-state index in [4.69, 9.17) is 0 Å². The van der Waals surface area contributed by atoms with Crippen molar-refractivity contribution in [3.8, 4) is 0 Å². The largest absolute Gasteiger partial charge is 0.392 e. The lowest BCUT2D eigenvalue weighted by Gasteiger charge is -2.44. The van der Waals surface area contributed by atoms with Gasteiger partial charge in [0.15, 0.2) is 0 Å². The fraction of sp³-hybridized carbons (Fsp3) is 0.882. The second-order valence-corrected chi connectivity index (χ2v) is 7.39. The lowest BCUT2D eigenvalue weighted by atomic mass is 9.76. The van der Waals surface area contributed by atoms with Gasteiger partial charge in [-0.3, -0.25) is 14.5 Å². The van der Waals surface area contributed by atoms with Crippen molar-refractivity contribution in [1.29, 1.82) is 0 Å². The third-order valence-corrected chi connectivity index (χ3v) is 5.13. The monoisotopic (exact) mass is 325 g/mol. The summed E-state index contributed by atoms with van der Waals surface area (Å²) in [6.45, 7) is 9.03.